The molecule has 3 aliphatic rings. The molecule has 0 N–H and O–H groups in total. The molecule has 0 radical (unpaired) electrons. The maximum atomic E-state index is 2.61. The van der Waals surface area contributed by atoms with Crippen molar-refractivity contribution < 1.29 is 0 Å². The second-order valence-electron chi connectivity index (χ2n) is 6.52. The van der Waals surface area contributed by atoms with Crippen LogP contribution in [0.1, 0.15) is 77.0 Å². The van der Waals surface area contributed by atoms with E-state index in [0.717, 1.165) is 11.8 Å². The summed E-state index contributed by atoms with van der Waals surface area (Å²) in [5, 5.41) is 0. The van der Waals surface area contributed by atoms with Gasteiger partial charge in [0, 0.05) is 0 Å². The monoisotopic (exact) mass is 244 g/mol. The molecular weight excluding hydrogens is 216 g/mol. The number of hydrogen-bond donors (Lipinski definition) is 0. The fourth-order valence-corrected chi connectivity index (χ4v) is 4.26. The number of fused-ring (bicyclic) bond motifs is 4. The molecular formula is C18H28. The molecule has 0 aromatic rings. The lowest BCUT2D eigenvalue weighted by atomic mass is 9.61. The molecule has 0 aliphatic heterocycles. The summed E-state index contributed by atoms with van der Waals surface area (Å²) >= 11 is 0. The molecule has 1 fully saturated rings. The van der Waals surface area contributed by atoms with E-state index in [-0.39, 0.29) is 0 Å². The molecule has 1 saturated carbocycles. The van der Waals surface area contributed by atoms with Crippen LogP contribution in [0.3, 0.4) is 0 Å². The van der Waals surface area contributed by atoms with Gasteiger partial charge >= 0.3 is 0 Å². The lowest BCUT2D eigenvalue weighted by Gasteiger charge is -2.43. The summed E-state index contributed by atoms with van der Waals surface area (Å²) < 4.78 is 0. The van der Waals surface area contributed by atoms with Crippen LogP contribution in [0.15, 0.2) is 23.3 Å². The molecule has 0 bridgehead atoms. The van der Waals surface area contributed by atoms with Gasteiger partial charge in [-0.3, -0.25) is 0 Å². The van der Waals surface area contributed by atoms with Gasteiger partial charge in [0.25, 0.3) is 0 Å². The van der Waals surface area contributed by atoms with E-state index in [2.05, 4.69) is 12.2 Å². The molecule has 0 heterocycles. The van der Waals surface area contributed by atoms with Crippen LogP contribution in [0.5, 0.6) is 0 Å². The minimum absolute atomic E-state index is 0.951. The van der Waals surface area contributed by atoms with E-state index in [0.29, 0.717) is 0 Å². The van der Waals surface area contributed by atoms with E-state index >= 15 is 0 Å². The van der Waals surface area contributed by atoms with E-state index in [1.807, 2.05) is 0 Å². The van der Waals surface area contributed by atoms with Gasteiger partial charge in [0.2, 0.25) is 0 Å². The van der Waals surface area contributed by atoms with Crippen LogP contribution in [-0.4, -0.2) is 0 Å². The number of rotatable bonds is 0. The third-order valence-electron chi connectivity index (χ3n) is 5.28. The highest BCUT2D eigenvalue weighted by Crippen LogP contribution is 2.51. The molecule has 0 amide bonds. The highest BCUT2D eigenvalue weighted by molar-refractivity contribution is 5.46. The molecule has 0 nitrogen and oxygen atoms in total. The van der Waals surface area contributed by atoms with Crippen LogP contribution >= 0.6 is 0 Å². The average molecular weight is 244 g/mol. The molecule has 3 rings (SSSR count). The second-order valence-corrected chi connectivity index (χ2v) is 6.52. The van der Waals surface area contributed by atoms with Crippen LogP contribution in [-0.2, 0) is 0 Å². The predicted molar refractivity (Wildman–Crippen MR) is 78.6 cm³/mol. The Hall–Kier alpha value is -0.520. The van der Waals surface area contributed by atoms with E-state index in [9.17, 15) is 0 Å². The normalized spacial score (nSPS) is 39.6. The van der Waals surface area contributed by atoms with Gasteiger partial charge in [-0.05, 0) is 61.5 Å². The van der Waals surface area contributed by atoms with Crippen molar-refractivity contribution in [3.05, 3.63) is 23.3 Å². The van der Waals surface area contributed by atoms with Crippen molar-refractivity contribution in [3.63, 3.8) is 0 Å². The molecule has 3 aliphatic carbocycles. The Kier molecular flexibility index (Phi) is 4.23. The maximum Gasteiger partial charge on any atom is -0.00935 e. The van der Waals surface area contributed by atoms with Gasteiger partial charge in [-0.1, -0.05) is 50.7 Å². The minimum Gasteiger partial charge on any atom is -0.0807 e. The van der Waals surface area contributed by atoms with Crippen molar-refractivity contribution in [1.82, 2.24) is 0 Å². The average Bonchev–Trinajstić information content (AvgIpc) is 2.53. The smallest absolute Gasteiger partial charge is 0.00935 e. The highest BCUT2D eigenvalue weighted by Gasteiger charge is 2.39. The largest absolute Gasteiger partial charge is 0.0807 e. The van der Waals surface area contributed by atoms with Crippen LogP contribution in [0, 0.1) is 11.8 Å². The van der Waals surface area contributed by atoms with Gasteiger partial charge < -0.3 is 0 Å². The topological polar surface area (TPSA) is 0 Å². The summed E-state index contributed by atoms with van der Waals surface area (Å²) in [6, 6.07) is 0. The Balaban J connectivity index is 1.77. The summed E-state index contributed by atoms with van der Waals surface area (Å²) in [5.41, 5.74) is 3.56. The molecule has 18 heavy (non-hydrogen) atoms. The highest BCUT2D eigenvalue weighted by atomic mass is 14.4. The molecule has 0 saturated heterocycles. The molecule has 2 atom stereocenters. The SMILES string of the molecule is C1=C2/C3=C/CCCCCCC3C2CCCCCC/1. The first-order valence-corrected chi connectivity index (χ1v) is 8.37. The Morgan fingerprint density at radius 3 is 1.50 bits per heavy atom. The lowest BCUT2D eigenvalue weighted by Crippen LogP contribution is -2.32. The van der Waals surface area contributed by atoms with Crippen molar-refractivity contribution in [2.75, 3.05) is 0 Å². The molecule has 2 unspecified atom stereocenters. The van der Waals surface area contributed by atoms with Crippen molar-refractivity contribution in [2.24, 2.45) is 11.8 Å². The van der Waals surface area contributed by atoms with Gasteiger partial charge in [-0.2, -0.15) is 0 Å². The Labute approximate surface area is 113 Å². The van der Waals surface area contributed by atoms with Crippen LogP contribution in [0.4, 0.5) is 0 Å². The number of allylic oxidation sites excluding steroid dienone is 4. The van der Waals surface area contributed by atoms with E-state index in [1.165, 1.54) is 77.0 Å². The van der Waals surface area contributed by atoms with Gasteiger partial charge in [0.1, 0.15) is 0 Å². The van der Waals surface area contributed by atoms with Crippen molar-refractivity contribution in [2.45, 2.75) is 77.0 Å². The summed E-state index contributed by atoms with van der Waals surface area (Å²) in [5.74, 6) is 1.90. The van der Waals surface area contributed by atoms with Gasteiger partial charge in [-0.15, -0.1) is 0 Å². The minimum atomic E-state index is 0.951. The summed E-state index contributed by atoms with van der Waals surface area (Å²) in [4.78, 5) is 0. The van der Waals surface area contributed by atoms with Crippen LogP contribution < -0.4 is 0 Å². The van der Waals surface area contributed by atoms with Gasteiger partial charge in [0.05, 0.1) is 0 Å². The summed E-state index contributed by atoms with van der Waals surface area (Å²) in [6.07, 6.45) is 22.5. The molecule has 100 valence electrons. The van der Waals surface area contributed by atoms with E-state index in [1.54, 1.807) is 11.1 Å². The Bertz CT molecular complexity index is 300. The Morgan fingerprint density at radius 1 is 0.556 bits per heavy atom. The third kappa shape index (κ3) is 2.58. The number of hydrogen-bond acceptors (Lipinski definition) is 0. The first-order valence-electron chi connectivity index (χ1n) is 8.37. The van der Waals surface area contributed by atoms with Gasteiger partial charge in [-0.25, -0.2) is 0 Å². The zero-order valence-electron chi connectivity index (χ0n) is 11.8. The first-order chi connectivity index (χ1) is 8.97. The van der Waals surface area contributed by atoms with Crippen LogP contribution in [0.25, 0.3) is 0 Å². The second kappa shape index (κ2) is 6.08. The molecule has 0 aromatic carbocycles. The van der Waals surface area contributed by atoms with Crippen molar-refractivity contribution >= 4 is 0 Å². The first kappa shape index (κ1) is 12.5. The van der Waals surface area contributed by atoms with Gasteiger partial charge in [0.15, 0.2) is 0 Å². The fourth-order valence-electron chi connectivity index (χ4n) is 4.26. The lowest BCUT2D eigenvalue weighted by molar-refractivity contribution is 0.307. The zero-order valence-corrected chi connectivity index (χ0v) is 11.8. The third-order valence-corrected chi connectivity index (χ3v) is 5.28. The molecule has 0 spiro atoms. The summed E-state index contributed by atoms with van der Waals surface area (Å²) in [6.45, 7) is 0. The Morgan fingerprint density at radius 2 is 1.00 bits per heavy atom. The van der Waals surface area contributed by atoms with E-state index in [4.69, 9.17) is 0 Å². The van der Waals surface area contributed by atoms with Crippen LogP contribution in [0.2, 0.25) is 0 Å². The fraction of sp³-hybridized carbons (Fsp3) is 0.778. The zero-order chi connectivity index (χ0) is 12.2. The standard InChI is InChI=1S/C18H28/c1-3-7-11-15-16(12-8-4-1)18-14-10-6-2-5-9-13-17(15)18/h11,13,16,18H,1-10,12,14H2/b15-11+,17-13-. The predicted octanol–water partition coefficient (Wildman–Crippen LogP) is 5.79. The maximum absolute atomic E-state index is 2.61. The van der Waals surface area contributed by atoms with Crippen molar-refractivity contribution in [1.29, 1.82) is 0 Å². The summed E-state index contributed by atoms with van der Waals surface area (Å²) in [7, 11) is 0. The quantitative estimate of drug-likeness (QED) is 0.505. The molecule has 0 aromatic heterocycles. The molecule has 0 heteroatoms. The van der Waals surface area contributed by atoms with E-state index < -0.39 is 0 Å². The van der Waals surface area contributed by atoms with Crippen molar-refractivity contribution in [3.8, 4) is 0 Å².